The summed E-state index contributed by atoms with van der Waals surface area (Å²) in [7, 11) is 0. The molecule has 0 radical (unpaired) electrons. The zero-order valence-electron chi connectivity index (χ0n) is 14.3. The lowest BCUT2D eigenvalue weighted by atomic mass is 10.1. The molecule has 0 aliphatic heterocycles. The van der Waals surface area contributed by atoms with E-state index in [-0.39, 0.29) is 27.7 Å². The lowest BCUT2D eigenvalue weighted by Gasteiger charge is -2.06. The quantitative estimate of drug-likeness (QED) is 0.436. The number of aromatic nitrogens is 1. The van der Waals surface area contributed by atoms with Gasteiger partial charge in [0.25, 0.3) is 0 Å². The summed E-state index contributed by atoms with van der Waals surface area (Å²) < 4.78 is 5.63. The highest BCUT2D eigenvalue weighted by Crippen LogP contribution is 2.60. The van der Waals surface area contributed by atoms with Gasteiger partial charge >= 0.3 is 5.97 Å². The van der Waals surface area contributed by atoms with Crippen LogP contribution in [0.3, 0.4) is 0 Å². The van der Waals surface area contributed by atoms with Gasteiger partial charge in [0, 0.05) is 12.4 Å². The van der Waals surface area contributed by atoms with Crippen LogP contribution >= 0.6 is 23.2 Å². The van der Waals surface area contributed by atoms with Crippen molar-refractivity contribution in [3.63, 3.8) is 0 Å². The van der Waals surface area contributed by atoms with Crippen LogP contribution in [0.2, 0.25) is 0 Å². The number of pyridine rings is 1. The zero-order chi connectivity index (χ0) is 17.6. The summed E-state index contributed by atoms with van der Waals surface area (Å²) in [6.07, 6.45) is 10.7. The lowest BCUT2D eigenvalue weighted by Crippen LogP contribution is -2.11. The number of ether oxygens (including phenoxy) is 1. The average molecular weight is 370 g/mol. The van der Waals surface area contributed by atoms with Gasteiger partial charge in [-0.25, -0.2) is 0 Å². The fourth-order valence-electron chi connectivity index (χ4n) is 3.17. The highest BCUT2D eigenvalue weighted by atomic mass is 35.5. The topological polar surface area (TPSA) is 39.2 Å². The second kappa shape index (κ2) is 8.87. The number of hydrogen-bond acceptors (Lipinski definition) is 3. The standard InChI is InChI=1S/C19H25Cl2NO2/c1-19(2)15(12-16(20)21)17(19)18(23)24-11-6-4-3-5-8-14-9-7-10-22-13-14/h7,9-10,12-13,15,17H,3-6,8,11H2,1-2H3. The molecule has 3 nitrogen and oxygen atoms in total. The molecule has 0 saturated heterocycles. The van der Waals surface area contributed by atoms with Crippen LogP contribution in [0.4, 0.5) is 0 Å². The maximum absolute atomic E-state index is 12.1. The van der Waals surface area contributed by atoms with Gasteiger partial charge < -0.3 is 4.74 Å². The molecular weight excluding hydrogens is 345 g/mol. The van der Waals surface area contributed by atoms with E-state index < -0.39 is 0 Å². The van der Waals surface area contributed by atoms with E-state index in [0.29, 0.717) is 6.61 Å². The molecule has 2 rings (SSSR count). The third kappa shape index (κ3) is 5.49. The molecule has 132 valence electrons. The number of allylic oxidation sites excluding steroid dienone is 1. The van der Waals surface area contributed by atoms with Gasteiger partial charge in [0.15, 0.2) is 0 Å². The Morgan fingerprint density at radius 3 is 2.71 bits per heavy atom. The smallest absolute Gasteiger partial charge is 0.310 e. The van der Waals surface area contributed by atoms with Gasteiger partial charge in [0.1, 0.15) is 4.49 Å². The molecule has 1 saturated carbocycles. The van der Waals surface area contributed by atoms with E-state index in [0.717, 1.165) is 32.1 Å². The van der Waals surface area contributed by atoms with E-state index in [9.17, 15) is 4.79 Å². The minimum absolute atomic E-state index is 0.0782. The number of hydrogen-bond donors (Lipinski definition) is 0. The molecule has 0 N–H and O–H groups in total. The Balaban J connectivity index is 1.56. The summed E-state index contributed by atoms with van der Waals surface area (Å²) in [4.78, 5) is 16.3. The summed E-state index contributed by atoms with van der Waals surface area (Å²) in [6.45, 7) is 4.56. The van der Waals surface area contributed by atoms with Crippen LogP contribution in [0.25, 0.3) is 0 Å². The Kier molecular flexibility index (Phi) is 7.12. The van der Waals surface area contributed by atoms with Gasteiger partial charge in [-0.1, -0.05) is 56.0 Å². The molecule has 1 aliphatic carbocycles. The van der Waals surface area contributed by atoms with E-state index in [4.69, 9.17) is 27.9 Å². The Hall–Kier alpha value is -1.06. The maximum atomic E-state index is 12.1. The number of carbonyl (C=O) groups is 1. The highest BCUT2D eigenvalue weighted by Gasteiger charge is 2.61. The highest BCUT2D eigenvalue weighted by molar-refractivity contribution is 6.55. The SMILES string of the molecule is CC1(C)C(C=C(Cl)Cl)C1C(=O)OCCCCCCc1cccnc1. The molecular formula is C19H25Cl2NO2. The number of aryl methyl sites for hydroxylation is 1. The van der Waals surface area contributed by atoms with Gasteiger partial charge in [0.2, 0.25) is 0 Å². The minimum Gasteiger partial charge on any atom is -0.465 e. The van der Waals surface area contributed by atoms with Gasteiger partial charge in [-0.2, -0.15) is 0 Å². The van der Waals surface area contributed by atoms with Crippen LogP contribution in [0.5, 0.6) is 0 Å². The van der Waals surface area contributed by atoms with Crippen molar-refractivity contribution in [1.82, 2.24) is 4.98 Å². The fraction of sp³-hybridized carbons (Fsp3) is 0.579. The van der Waals surface area contributed by atoms with Crippen LogP contribution in [-0.2, 0) is 16.0 Å². The third-order valence-electron chi connectivity index (χ3n) is 4.80. The Bertz CT molecular complexity index is 568. The second-order valence-corrected chi connectivity index (χ2v) is 7.98. The van der Waals surface area contributed by atoms with Crippen molar-refractivity contribution in [1.29, 1.82) is 0 Å². The predicted molar refractivity (Wildman–Crippen MR) is 97.9 cm³/mol. The number of nitrogens with zero attached hydrogens (tertiary/aromatic N) is 1. The summed E-state index contributed by atoms with van der Waals surface area (Å²) in [5.41, 5.74) is 1.16. The van der Waals surface area contributed by atoms with E-state index in [1.165, 1.54) is 5.56 Å². The van der Waals surface area contributed by atoms with Gasteiger partial charge in [-0.15, -0.1) is 0 Å². The summed E-state index contributed by atoms with van der Waals surface area (Å²) in [5, 5.41) is 0. The molecule has 0 bridgehead atoms. The van der Waals surface area contributed by atoms with E-state index in [2.05, 4.69) is 11.1 Å². The van der Waals surface area contributed by atoms with Crippen molar-refractivity contribution in [2.24, 2.45) is 17.3 Å². The molecule has 1 aromatic rings. The van der Waals surface area contributed by atoms with Crippen molar-refractivity contribution < 1.29 is 9.53 Å². The summed E-state index contributed by atoms with van der Waals surface area (Å²) in [5.74, 6) is -0.184. The molecule has 1 aliphatic rings. The monoisotopic (exact) mass is 369 g/mol. The number of unbranched alkanes of at least 4 members (excludes halogenated alkanes) is 3. The Labute approximate surface area is 154 Å². The van der Waals surface area contributed by atoms with Crippen LogP contribution in [-0.4, -0.2) is 17.6 Å². The van der Waals surface area contributed by atoms with Gasteiger partial charge in [-0.05, 0) is 48.3 Å². The first kappa shape index (κ1) is 19.3. The largest absolute Gasteiger partial charge is 0.465 e. The second-order valence-electron chi connectivity index (χ2n) is 6.97. The van der Waals surface area contributed by atoms with Gasteiger partial charge in [-0.3, -0.25) is 9.78 Å². The van der Waals surface area contributed by atoms with Crippen molar-refractivity contribution >= 4 is 29.2 Å². The number of esters is 1. The molecule has 0 aromatic carbocycles. The van der Waals surface area contributed by atoms with Crippen molar-refractivity contribution in [2.75, 3.05) is 6.61 Å². The van der Waals surface area contributed by atoms with Gasteiger partial charge in [0.05, 0.1) is 12.5 Å². The minimum atomic E-state index is -0.133. The van der Waals surface area contributed by atoms with Crippen LogP contribution < -0.4 is 0 Å². The molecule has 1 heterocycles. The zero-order valence-corrected chi connectivity index (χ0v) is 15.8. The first-order valence-corrected chi connectivity index (χ1v) is 9.27. The molecule has 0 amide bonds. The van der Waals surface area contributed by atoms with Crippen molar-refractivity contribution in [3.8, 4) is 0 Å². The first-order valence-electron chi connectivity index (χ1n) is 8.51. The first-order chi connectivity index (χ1) is 11.4. The van der Waals surface area contributed by atoms with Crippen molar-refractivity contribution in [3.05, 3.63) is 40.7 Å². The molecule has 24 heavy (non-hydrogen) atoms. The van der Waals surface area contributed by atoms with Crippen LogP contribution in [0.1, 0.15) is 45.1 Å². The van der Waals surface area contributed by atoms with Crippen molar-refractivity contribution in [2.45, 2.75) is 46.0 Å². The Morgan fingerprint density at radius 2 is 2.04 bits per heavy atom. The fourth-order valence-corrected chi connectivity index (χ4v) is 3.44. The molecule has 1 fully saturated rings. The lowest BCUT2D eigenvalue weighted by molar-refractivity contribution is -0.146. The Morgan fingerprint density at radius 1 is 1.29 bits per heavy atom. The number of carbonyl (C=O) groups excluding carboxylic acids is 1. The van der Waals surface area contributed by atoms with E-state index in [1.807, 2.05) is 26.1 Å². The molecule has 1 aromatic heterocycles. The maximum Gasteiger partial charge on any atom is 0.310 e. The normalized spacial score (nSPS) is 21.2. The summed E-state index contributed by atoms with van der Waals surface area (Å²) >= 11 is 11.4. The molecule has 0 spiro atoms. The van der Waals surface area contributed by atoms with Crippen LogP contribution in [0, 0.1) is 17.3 Å². The van der Waals surface area contributed by atoms with E-state index in [1.54, 1.807) is 12.3 Å². The summed E-state index contributed by atoms with van der Waals surface area (Å²) in [6, 6.07) is 4.07. The molecule has 5 heteroatoms. The number of halogens is 2. The van der Waals surface area contributed by atoms with E-state index >= 15 is 0 Å². The molecule has 2 atom stereocenters. The average Bonchev–Trinajstić information content (AvgIpc) is 3.07. The predicted octanol–water partition coefficient (Wildman–Crippen LogP) is 5.32. The molecule has 2 unspecified atom stereocenters. The number of rotatable bonds is 9. The third-order valence-corrected chi connectivity index (χ3v) is 5.05. The van der Waals surface area contributed by atoms with Crippen LogP contribution in [0.15, 0.2) is 35.1 Å².